The normalized spacial score (nSPS) is 30.4. The van der Waals surface area contributed by atoms with Crippen molar-refractivity contribution in [2.45, 2.75) is 82.8 Å². The topological polar surface area (TPSA) is 35.5 Å². The van der Waals surface area contributed by atoms with Crippen molar-refractivity contribution in [3.63, 3.8) is 0 Å². The molecule has 0 aliphatic heterocycles. The minimum atomic E-state index is -0.0873. The zero-order valence-corrected chi connectivity index (χ0v) is 13.7. The lowest BCUT2D eigenvalue weighted by Gasteiger charge is -2.37. The third kappa shape index (κ3) is 4.71. The van der Waals surface area contributed by atoms with E-state index in [4.69, 9.17) is 0 Å². The van der Waals surface area contributed by atoms with Crippen LogP contribution >= 0.6 is 0 Å². The summed E-state index contributed by atoms with van der Waals surface area (Å²) in [6.45, 7) is 5.84. The first-order valence-corrected chi connectivity index (χ1v) is 8.65. The molecule has 2 rings (SSSR count). The molecular weight excluding hydrogens is 248 g/mol. The van der Waals surface area contributed by atoms with Crippen molar-refractivity contribution < 1.29 is 5.11 Å². The van der Waals surface area contributed by atoms with Gasteiger partial charge < -0.3 is 15.3 Å². The molecule has 0 bridgehead atoms. The Labute approximate surface area is 125 Å². The average molecular weight is 282 g/mol. The minimum Gasteiger partial charge on any atom is -0.394 e. The van der Waals surface area contributed by atoms with E-state index in [0.29, 0.717) is 6.04 Å². The number of hydrogen-bond donors (Lipinski definition) is 2. The summed E-state index contributed by atoms with van der Waals surface area (Å²) in [5.41, 5.74) is -0.0873. The average Bonchev–Trinajstić information content (AvgIpc) is 3.28. The van der Waals surface area contributed by atoms with Gasteiger partial charge in [0.1, 0.15) is 0 Å². The number of nitrogens with one attached hydrogen (secondary N) is 1. The molecule has 0 aromatic heterocycles. The van der Waals surface area contributed by atoms with Crippen LogP contribution in [0.1, 0.15) is 65.2 Å². The highest BCUT2D eigenvalue weighted by atomic mass is 16.3. The van der Waals surface area contributed by atoms with Crippen LogP contribution in [0.15, 0.2) is 0 Å². The van der Waals surface area contributed by atoms with Gasteiger partial charge in [-0.05, 0) is 71.4 Å². The highest BCUT2D eigenvalue weighted by Gasteiger charge is 2.32. The summed E-state index contributed by atoms with van der Waals surface area (Å²) in [5, 5.41) is 13.3. The molecule has 2 saturated carbocycles. The molecule has 2 fully saturated rings. The third-order valence-electron chi connectivity index (χ3n) is 5.51. The van der Waals surface area contributed by atoms with E-state index in [1.807, 2.05) is 0 Å². The van der Waals surface area contributed by atoms with Crippen LogP contribution in [0.4, 0.5) is 0 Å². The van der Waals surface area contributed by atoms with Crippen LogP contribution in [-0.2, 0) is 0 Å². The molecule has 0 aromatic carbocycles. The Balaban J connectivity index is 1.71. The fourth-order valence-corrected chi connectivity index (χ4v) is 3.52. The summed E-state index contributed by atoms with van der Waals surface area (Å²) in [6.07, 6.45) is 10.5. The largest absolute Gasteiger partial charge is 0.394 e. The predicted molar refractivity (Wildman–Crippen MR) is 84.9 cm³/mol. The van der Waals surface area contributed by atoms with Gasteiger partial charge >= 0.3 is 0 Å². The Bertz CT molecular complexity index is 285. The highest BCUT2D eigenvalue weighted by molar-refractivity contribution is 4.93. The van der Waals surface area contributed by atoms with Gasteiger partial charge in [-0.2, -0.15) is 0 Å². The lowest BCUT2D eigenvalue weighted by molar-refractivity contribution is 0.120. The molecule has 2 aliphatic carbocycles. The third-order valence-corrected chi connectivity index (χ3v) is 5.51. The summed E-state index contributed by atoms with van der Waals surface area (Å²) < 4.78 is 0. The maximum Gasteiger partial charge on any atom is 0.0611 e. The summed E-state index contributed by atoms with van der Waals surface area (Å²) >= 11 is 0. The van der Waals surface area contributed by atoms with Gasteiger partial charge in [0, 0.05) is 17.6 Å². The lowest BCUT2D eigenvalue weighted by atomic mass is 9.84. The molecule has 20 heavy (non-hydrogen) atoms. The molecule has 0 radical (unpaired) electrons. The van der Waals surface area contributed by atoms with Crippen molar-refractivity contribution in [1.82, 2.24) is 10.2 Å². The molecule has 3 nitrogen and oxygen atoms in total. The van der Waals surface area contributed by atoms with Crippen molar-refractivity contribution in [2.24, 2.45) is 5.92 Å². The fraction of sp³-hybridized carbons (Fsp3) is 1.00. The molecule has 2 N–H and O–H groups in total. The van der Waals surface area contributed by atoms with Crippen LogP contribution < -0.4 is 5.32 Å². The van der Waals surface area contributed by atoms with E-state index in [-0.39, 0.29) is 12.1 Å². The van der Waals surface area contributed by atoms with Crippen LogP contribution in [0, 0.1) is 5.92 Å². The first-order chi connectivity index (χ1) is 9.56. The molecule has 1 atom stereocenters. The Kier molecular flexibility index (Phi) is 5.88. The summed E-state index contributed by atoms with van der Waals surface area (Å²) in [6, 6.07) is 1.43. The summed E-state index contributed by atoms with van der Waals surface area (Å²) in [4.78, 5) is 2.54. The van der Waals surface area contributed by atoms with Crippen LogP contribution in [-0.4, -0.2) is 47.8 Å². The van der Waals surface area contributed by atoms with E-state index in [9.17, 15) is 5.11 Å². The maximum absolute atomic E-state index is 9.67. The minimum absolute atomic E-state index is 0.0873. The van der Waals surface area contributed by atoms with Gasteiger partial charge in [0.2, 0.25) is 0 Å². The van der Waals surface area contributed by atoms with Crippen LogP contribution in [0.5, 0.6) is 0 Å². The molecule has 0 spiro atoms. The van der Waals surface area contributed by atoms with Crippen molar-refractivity contribution in [3.8, 4) is 0 Å². The zero-order valence-electron chi connectivity index (χ0n) is 13.7. The van der Waals surface area contributed by atoms with Gasteiger partial charge in [-0.15, -0.1) is 0 Å². The first kappa shape index (κ1) is 16.3. The first-order valence-electron chi connectivity index (χ1n) is 8.65. The second kappa shape index (κ2) is 7.24. The van der Waals surface area contributed by atoms with E-state index < -0.39 is 0 Å². The van der Waals surface area contributed by atoms with Crippen LogP contribution in [0.25, 0.3) is 0 Å². The van der Waals surface area contributed by atoms with Gasteiger partial charge in [-0.3, -0.25) is 0 Å². The van der Waals surface area contributed by atoms with Gasteiger partial charge in [0.05, 0.1) is 6.61 Å². The summed E-state index contributed by atoms with van der Waals surface area (Å²) in [5.74, 6) is 0.971. The smallest absolute Gasteiger partial charge is 0.0611 e. The van der Waals surface area contributed by atoms with E-state index >= 15 is 0 Å². The molecule has 3 heteroatoms. The highest BCUT2D eigenvalue weighted by Crippen LogP contribution is 2.29. The van der Waals surface area contributed by atoms with Crippen molar-refractivity contribution >= 4 is 0 Å². The van der Waals surface area contributed by atoms with E-state index in [0.717, 1.165) is 24.9 Å². The summed E-state index contributed by atoms with van der Waals surface area (Å²) in [7, 11) is 2.27. The van der Waals surface area contributed by atoms with Crippen molar-refractivity contribution in [1.29, 1.82) is 0 Å². The van der Waals surface area contributed by atoms with Gasteiger partial charge in [0.15, 0.2) is 0 Å². The second-order valence-corrected chi connectivity index (χ2v) is 7.45. The van der Waals surface area contributed by atoms with E-state index in [1.165, 1.54) is 44.9 Å². The Morgan fingerprint density at radius 3 is 2.30 bits per heavy atom. The predicted octanol–water partition coefficient (Wildman–Crippen LogP) is 2.78. The molecule has 0 amide bonds. The van der Waals surface area contributed by atoms with E-state index in [1.54, 1.807) is 0 Å². The number of hydrogen-bond acceptors (Lipinski definition) is 3. The lowest BCUT2D eigenvalue weighted by Crippen LogP contribution is -2.49. The Hall–Kier alpha value is -0.120. The fourth-order valence-electron chi connectivity index (χ4n) is 3.52. The molecule has 0 saturated heterocycles. The maximum atomic E-state index is 9.67. The van der Waals surface area contributed by atoms with Crippen LogP contribution in [0.3, 0.4) is 0 Å². The number of aliphatic hydroxyl groups excluding tert-OH is 1. The SMILES string of the molecule is CCC1CCC(N(C)CCC(C)(CO)NC2CC2)CC1. The van der Waals surface area contributed by atoms with Gasteiger partial charge in [-0.1, -0.05) is 13.3 Å². The molecule has 1 unspecified atom stereocenters. The van der Waals surface area contributed by atoms with E-state index in [2.05, 4.69) is 31.1 Å². The number of rotatable bonds is 8. The molecular formula is C17H34N2O. The molecule has 118 valence electrons. The second-order valence-electron chi connectivity index (χ2n) is 7.45. The Morgan fingerprint density at radius 2 is 1.80 bits per heavy atom. The monoisotopic (exact) mass is 282 g/mol. The van der Waals surface area contributed by atoms with Gasteiger partial charge in [0.25, 0.3) is 0 Å². The van der Waals surface area contributed by atoms with Crippen molar-refractivity contribution in [2.75, 3.05) is 20.2 Å². The van der Waals surface area contributed by atoms with Gasteiger partial charge in [-0.25, -0.2) is 0 Å². The van der Waals surface area contributed by atoms with Crippen molar-refractivity contribution in [3.05, 3.63) is 0 Å². The quantitative estimate of drug-likeness (QED) is 0.718. The molecule has 2 aliphatic rings. The Morgan fingerprint density at radius 1 is 1.15 bits per heavy atom. The molecule has 0 heterocycles. The standard InChI is InChI=1S/C17H34N2O/c1-4-14-5-9-16(10-6-14)19(3)12-11-17(2,13-20)18-15-7-8-15/h14-16,18,20H,4-13H2,1-3H3. The van der Waals surface area contributed by atoms with Crippen LogP contribution in [0.2, 0.25) is 0 Å². The number of aliphatic hydroxyl groups is 1. The molecule has 0 aromatic rings. The zero-order chi connectivity index (χ0) is 14.6. The number of nitrogens with zero attached hydrogens (tertiary/aromatic N) is 1.